The number of morpholine rings is 1. The Kier molecular flexibility index (Phi) is 6.69. The molecule has 2 aromatic carbocycles. The number of nitrogens with one attached hydrogen (secondary N) is 2. The van der Waals surface area contributed by atoms with Gasteiger partial charge in [-0.25, -0.2) is 0 Å². The molecule has 2 N–H and O–H groups in total. The lowest BCUT2D eigenvalue weighted by Crippen LogP contribution is -2.36. The quantitative estimate of drug-likeness (QED) is 0.449. The zero-order valence-electron chi connectivity index (χ0n) is 14.9. The maximum Gasteiger partial charge on any atom is 0.269 e. The van der Waals surface area contributed by atoms with E-state index >= 15 is 0 Å². The van der Waals surface area contributed by atoms with Gasteiger partial charge in [-0.15, -0.1) is 0 Å². The van der Waals surface area contributed by atoms with E-state index in [9.17, 15) is 10.1 Å². The summed E-state index contributed by atoms with van der Waals surface area (Å²) in [5, 5.41) is 17.4. The van der Waals surface area contributed by atoms with Crippen LogP contribution >= 0.6 is 12.2 Å². The van der Waals surface area contributed by atoms with Gasteiger partial charge < -0.3 is 15.4 Å². The van der Waals surface area contributed by atoms with E-state index in [-0.39, 0.29) is 5.69 Å². The molecular weight excluding hydrogens is 364 g/mol. The molecule has 27 heavy (non-hydrogen) atoms. The summed E-state index contributed by atoms with van der Waals surface area (Å²) in [5.74, 6) is 0. The van der Waals surface area contributed by atoms with Crippen molar-refractivity contribution in [2.45, 2.75) is 13.1 Å². The molecule has 0 saturated carbocycles. The first kappa shape index (κ1) is 19.2. The zero-order chi connectivity index (χ0) is 19.1. The number of hydrogen-bond acceptors (Lipinski definition) is 5. The number of nitro groups is 1. The number of benzene rings is 2. The minimum Gasteiger partial charge on any atom is -0.379 e. The summed E-state index contributed by atoms with van der Waals surface area (Å²) in [6, 6.07) is 14.5. The van der Waals surface area contributed by atoms with Crippen LogP contribution in [0, 0.1) is 10.1 Å². The number of nitro benzene ring substituents is 1. The molecule has 0 atom stereocenters. The third-order valence-electron chi connectivity index (χ3n) is 4.39. The van der Waals surface area contributed by atoms with Crippen molar-refractivity contribution in [1.82, 2.24) is 10.2 Å². The van der Waals surface area contributed by atoms with Gasteiger partial charge in [-0.3, -0.25) is 15.0 Å². The molecule has 7 nitrogen and oxygen atoms in total. The van der Waals surface area contributed by atoms with Gasteiger partial charge in [0, 0.05) is 44.0 Å². The molecule has 0 aliphatic carbocycles. The smallest absolute Gasteiger partial charge is 0.269 e. The van der Waals surface area contributed by atoms with Gasteiger partial charge in [0.25, 0.3) is 5.69 Å². The standard InChI is InChI=1S/C19H22N4O3S/c24-23(25)18-7-5-17(6-8-18)21-19(27)20-13-15-3-1-2-4-16(15)14-22-9-11-26-12-10-22/h1-8H,9-14H2,(H2,20,21,27). The van der Waals surface area contributed by atoms with Crippen molar-refractivity contribution in [3.8, 4) is 0 Å². The van der Waals surface area contributed by atoms with Crippen LogP contribution in [-0.4, -0.2) is 41.2 Å². The van der Waals surface area contributed by atoms with Crippen molar-refractivity contribution in [3.05, 3.63) is 69.8 Å². The first-order valence-corrected chi connectivity index (χ1v) is 9.19. The number of non-ortho nitro benzene ring substituents is 1. The van der Waals surface area contributed by atoms with Gasteiger partial charge in [-0.05, 0) is 35.5 Å². The first-order chi connectivity index (χ1) is 13.1. The van der Waals surface area contributed by atoms with Crippen LogP contribution in [0.3, 0.4) is 0 Å². The first-order valence-electron chi connectivity index (χ1n) is 8.78. The van der Waals surface area contributed by atoms with Gasteiger partial charge in [0.15, 0.2) is 5.11 Å². The van der Waals surface area contributed by atoms with E-state index in [1.807, 2.05) is 12.1 Å². The molecule has 0 radical (unpaired) electrons. The predicted molar refractivity (Wildman–Crippen MR) is 109 cm³/mol. The SMILES string of the molecule is O=[N+]([O-])c1ccc(NC(=S)NCc2ccccc2CN2CCOCC2)cc1. The van der Waals surface area contributed by atoms with Crippen LogP contribution in [0.15, 0.2) is 48.5 Å². The van der Waals surface area contributed by atoms with Crippen molar-refractivity contribution in [3.63, 3.8) is 0 Å². The number of ether oxygens (including phenoxy) is 1. The van der Waals surface area contributed by atoms with E-state index in [1.54, 1.807) is 12.1 Å². The lowest BCUT2D eigenvalue weighted by molar-refractivity contribution is -0.384. The van der Waals surface area contributed by atoms with Crippen LogP contribution in [0.4, 0.5) is 11.4 Å². The molecule has 1 aliphatic heterocycles. The van der Waals surface area contributed by atoms with Crippen molar-refractivity contribution < 1.29 is 9.66 Å². The highest BCUT2D eigenvalue weighted by Gasteiger charge is 2.12. The second-order valence-corrected chi connectivity index (χ2v) is 6.68. The normalized spacial score (nSPS) is 14.5. The highest BCUT2D eigenvalue weighted by molar-refractivity contribution is 7.80. The van der Waals surface area contributed by atoms with Crippen molar-refractivity contribution in [1.29, 1.82) is 0 Å². The number of hydrogen-bond donors (Lipinski definition) is 2. The molecular formula is C19H22N4O3S. The number of thiocarbonyl (C=S) groups is 1. The highest BCUT2D eigenvalue weighted by Crippen LogP contribution is 2.16. The molecule has 0 unspecified atom stereocenters. The summed E-state index contributed by atoms with van der Waals surface area (Å²) in [4.78, 5) is 12.7. The second-order valence-electron chi connectivity index (χ2n) is 6.27. The Morgan fingerprint density at radius 2 is 1.78 bits per heavy atom. The molecule has 0 spiro atoms. The minimum absolute atomic E-state index is 0.0523. The maximum absolute atomic E-state index is 10.7. The van der Waals surface area contributed by atoms with Gasteiger partial charge in [0.2, 0.25) is 0 Å². The molecule has 0 amide bonds. The van der Waals surface area contributed by atoms with Crippen LogP contribution in [0.2, 0.25) is 0 Å². The van der Waals surface area contributed by atoms with Crippen molar-refractivity contribution in [2.75, 3.05) is 31.6 Å². The zero-order valence-corrected chi connectivity index (χ0v) is 15.7. The van der Waals surface area contributed by atoms with Crippen LogP contribution in [0.1, 0.15) is 11.1 Å². The summed E-state index contributed by atoms with van der Waals surface area (Å²) in [6.07, 6.45) is 0. The van der Waals surface area contributed by atoms with E-state index in [2.05, 4.69) is 27.7 Å². The van der Waals surface area contributed by atoms with Crippen LogP contribution in [-0.2, 0) is 17.8 Å². The van der Waals surface area contributed by atoms with Gasteiger partial charge in [-0.1, -0.05) is 24.3 Å². The Morgan fingerprint density at radius 1 is 1.11 bits per heavy atom. The van der Waals surface area contributed by atoms with Gasteiger partial charge >= 0.3 is 0 Å². The fraction of sp³-hybridized carbons (Fsp3) is 0.316. The number of anilines is 1. The summed E-state index contributed by atoms with van der Waals surface area (Å²) in [5.41, 5.74) is 3.22. The molecule has 2 aromatic rings. The minimum atomic E-state index is -0.425. The fourth-order valence-electron chi connectivity index (χ4n) is 2.90. The Morgan fingerprint density at radius 3 is 2.44 bits per heavy atom. The largest absolute Gasteiger partial charge is 0.379 e. The molecule has 1 aliphatic rings. The number of rotatable bonds is 6. The monoisotopic (exact) mass is 386 g/mol. The fourth-order valence-corrected chi connectivity index (χ4v) is 3.09. The Labute approximate surface area is 163 Å². The summed E-state index contributed by atoms with van der Waals surface area (Å²) >= 11 is 5.34. The topological polar surface area (TPSA) is 79.7 Å². The predicted octanol–water partition coefficient (Wildman–Crippen LogP) is 2.91. The van der Waals surface area contributed by atoms with Crippen LogP contribution < -0.4 is 10.6 Å². The van der Waals surface area contributed by atoms with E-state index in [0.29, 0.717) is 17.3 Å². The Balaban J connectivity index is 1.54. The lowest BCUT2D eigenvalue weighted by atomic mass is 10.1. The van der Waals surface area contributed by atoms with E-state index in [0.717, 1.165) is 32.8 Å². The summed E-state index contributed by atoms with van der Waals surface area (Å²) in [7, 11) is 0. The average molecular weight is 386 g/mol. The molecule has 142 valence electrons. The van der Waals surface area contributed by atoms with Gasteiger partial charge in [-0.2, -0.15) is 0 Å². The van der Waals surface area contributed by atoms with Crippen molar-refractivity contribution >= 4 is 28.7 Å². The molecule has 1 saturated heterocycles. The van der Waals surface area contributed by atoms with Crippen molar-refractivity contribution in [2.24, 2.45) is 0 Å². The molecule has 3 rings (SSSR count). The van der Waals surface area contributed by atoms with Crippen LogP contribution in [0.25, 0.3) is 0 Å². The van der Waals surface area contributed by atoms with E-state index in [1.165, 1.54) is 23.3 Å². The highest BCUT2D eigenvalue weighted by atomic mass is 32.1. The van der Waals surface area contributed by atoms with Crippen LogP contribution in [0.5, 0.6) is 0 Å². The second kappa shape index (κ2) is 9.40. The van der Waals surface area contributed by atoms with Gasteiger partial charge in [0.1, 0.15) is 0 Å². The van der Waals surface area contributed by atoms with Gasteiger partial charge in [0.05, 0.1) is 18.1 Å². The lowest BCUT2D eigenvalue weighted by Gasteiger charge is -2.27. The molecule has 1 fully saturated rings. The molecule has 0 aromatic heterocycles. The summed E-state index contributed by atoms with van der Waals surface area (Å²) < 4.78 is 5.41. The Hall–Kier alpha value is -2.55. The van der Waals surface area contributed by atoms with E-state index in [4.69, 9.17) is 17.0 Å². The summed E-state index contributed by atoms with van der Waals surface area (Å²) in [6.45, 7) is 4.96. The average Bonchev–Trinajstić information content (AvgIpc) is 2.68. The Bertz CT molecular complexity index is 792. The molecule has 0 bridgehead atoms. The molecule has 8 heteroatoms. The molecule has 1 heterocycles. The number of nitrogens with zero attached hydrogens (tertiary/aromatic N) is 2. The maximum atomic E-state index is 10.7. The third-order valence-corrected chi connectivity index (χ3v) is 4.64. The third kappa shape index (κ3) is 5.72. The van der Waals surface area contributed by atoms with E-state index < -0.39 is 4.92 Å².